The fourth-order valence-electron chi connectivity index (χ4n) is 4.31. The van der Waals surface area contributed by atoms with Gasteiger partial charge in [-0.1, -0.05) is 41.4 Å². The number of pyridine rings is 1. The van der Waals surface area contributed by atoms with E-state index in [4.69, 9.17) is 43.5 Å². The van der Waals surface area contributed by atoms with Crippen LogP contribution in [-0.4, -0.2) is 28.2 Å². The zero-order valence-corrected chi connectivity index (χ0v) is 23.3. The van der Waals surface area contributed by atoms with Crippen LogP contribution in [0.1, 0.15) is 63.0 Å². The van der Waals surface area contributed by atoms with Gasteiger partial charge in [0.15, 0.2) is 0 Å². The number of halogens is 2. The van der Waals surface area contributed by atoms with Crippen molar-refractivity contribution in [2.24, 2.45) is 5.84 Å². The number of nitrogens with two attached hydrogens (primary N) is 1. The monoisotopic (exact) mass is 556 g/mol. The fourth-order valence-corrected chi connectivity index (χ4v) is 4.71. The van der Waals surface area contributed by atoms with Crippen LogP contribution in [-0.2, 0) is 4.74 Å². The minimum Gasteiger partial charge on any atom is -0.471 e. The van der Waals surface area contributed by atoms with Gasteiger partial charge < -0.3 is 14.8 Å². The lowest BCUT2D eigenvalue weighted by atomic mass is 9.88. The highest BCUT2D eigenvalue weighted by atomic mass is 35.5. The summed E-state index contributed by atoms with van der Waals surface area (Å²) in [6.45, 7) is 9.30. The molecule has 1 atom stereocenters. The van der Waals surface area contributed by atoms with E-state index >= 15 is 0 Å². The average molecular weight is 557 g/mol. The first-order valence-corrected chi connectivity index (χ1v) is 12.8. The first-order valence-electron chi connectivity index (χ1n) is 12.1. The summed E-state index contributed by atoms with van der Waals surface area (Å²) in [5.41, 5.74) is 4.58. The molecular formula is C28H30Cl2N4O4. The molecule has 1 aliphatic rings. The molecule has 4 N–H and O–H groups in total. The van der Waals surface area contributed by atoms with Crippen molar-refractivity contribution in [1.82, 2.24) is 15.7 Å². The van der Waals surface area contributed by atoms with Gasteiger partial charge in [-0.05, 0) is 70.5 Å². The number of hydrazine groups is 1. The van der Waals surface area contributed by atoms with Gasteiger partial charge in [-0.3, -0.25) is 10.2 Å². The summed E-state index contributed by atoms with van der Waals surface area (Å²) in [6.07, 6.45) is -0.0238. The van der Waals surface area contributed by atoms with Gasteiger partial charge in [0.25, 0.3) is 5.91 Å². The maximum absolute atomic E-state index is 12.7. The molecule has 4 rings (SSSR count). The van der Waals surface area contributed by atoms with Gasteiger partial charge in [-0.2, -0.15) is 0 Å². The number of rotatable bonds is 4. The van der Waals surface area contributed by atoms with Gasteiger partial charge in [-0.25, -0.2) is 15.6 Å². The number of nitrogens with one attached hydrogen (secondary N) is 2. The Kier molecular flexibility index (Phi) is 7.61. The standard InChI is InChI=1S/C28H30Cl2N4O4/c1-27(2,3)38-26(36)32-22-14-28(4,5)37-25-20(22)13-19(15-6-9-17(29)10-7-15)23(33-25)18-11-8-16(12-21(18)30)24(35)34-31/h6-13,22H,14,31H2,1-5H3,(H,32,36)(H,34,35)/t22-/m1/s1. The van der Waals surface area contributed by atoms with Gasteiger partial charge >= 0.3 is 6.09 Å². The number of fused-ring (bicyclic) bond motifs is 1. The number of benzene rings is 2. The second-order valence-electron chi connectivity index (χ2n) is 10.7. The number of nitrogens with zero attached hydrogens (tertiary/aromatic N) is 1. The van der Waals surface area contributed by atoms with Gasteiger partial charge in [-0.15, -0.1) is 0 Å². The Morgan fingerprint density at radius 3 is 2.37 bits per heavy atom. The van der Waals surface area contributed by atoms with Crippen molar-refractivity contribution in [3.05, 3.63) is 69.7 Å². The number of amides is 2. The second-order valence-corrected chi connectivity index (χ2v) is 11.6. The molecule has 0 saturated heterocycles. The molecule has 1 aliphatic heterocycles. The van der Waals surface area contributed by atoms with Gasteiger partial charge in [0.2, 0.25) is 5.88 Å². The van der Waals surface area contributed by atoms with Crippen LogP contribution < -0.4 is 21.3 Å². The number of carbonyl (C=O) groups excluding carboxylic acids is 2. The molecule has 2 amide bonds. The molecule has 0 unspecified atom stereocenters. The molecule has 1 aromatic heterocycles. The number of ether oxygens (including phenoxy) is 2. The Bertz CT molecular complexity index is 1380. The van der Waals surface area contributed by atoms with Crippen molar-refractivity contribution in [3.8, 4) is 28.3 Å². The van der Waals surface area contributed by atoms with Crippen molar-refractivity contribution in [3.63, 3.8) is 0 Å². The summed E-state index contributed by atoms with van der Waals surface area (Å²) in [4.78, 5) is 29.6. The molecule has 0 spiro atoms. The summed E-state index contributed by atoms with van der Waals surface area (Å²) in [5, 5.41) is 3.89. The van der Waals surface area contributed by atoms with Crippen molar-refractivity contribution < 1.29 is 19.1 Å². The number of hydrogen-bond donors (Lipinski definition) is 3. The molecule has 10 heteroatoms. The summed E-state index contributed by atoms with van der Waals surface area (Å²) < 4.78 is 11.8. The SMILES string of the molecule is CC(C)(C)OC(=O)N[C@@H]1CC(C)(C)Oc2nc(-c3ccc(C(=O)NN)cc3Cl)c(-c3ccc(Cl)cc3)cc21. The number of aromatic nitrogens is 1. The van der Waals surface area contributed by atoms with E-state index in [0.29, 0.717) is 44.7 Å². The summed E-state index contributed by atoms with van der Waals surface area (Å²) >= 11 is 12.8. The maximum Gasteiger partial charge on any atom is 0.408 e. The van der Waals surface area contributed by atoms with Crippen molar-refractivity contribution in [2.45, 2.75) is 58.3 Å². The third kappa shape index (κ3) is 6.20. The third-order valence-electron chi connectivity index (χ3n) is 5.92. The minimum atomic E-state index is -0.645. The number of nitrogen functional groups attached to an aromatic ring is 1. The van der Waals surface area contributed by atoms with Crippen LogP contribution in [0, 0.1) is 0 Å². The van der Waals surface area contributed by atoms with Crippen LogP contribution >= 0.6 is 23.2 Å². The number of carbonyl (C=O) groups is 2. The zero-order chi connectivity index (χ0) is 27.8. The Labute approximate surface area is 231 Å². The Morgan fingerprint density at radius 2 is 1.76 bits per heavy atom. The average Bonchev–Trinajstić information content (AvgIpc) is 2.81. The minimum absolute atomic E-state index is 0.311. The normalized spacial score (nSPS) is 16.2. The number of hydrogen-bond acceptors (Lipinski definition) is 6. The van der Waals surface area contributed by atoms with Gasteiger partial charge in [0.1, 0.15) is 11.2 Å². The van der Waals surface area contributed by atoms with Crippen LogP contribution in [0.25, 0.3) is 22.4 Å². The highest BCUT2D eigenvalue weighted by Gasteiger charge is 2.37. The predicted molar refractivity (Wildman–Crippen MR) is 148 cm³/mol. The molecule has 8 nitrogen and oxygen atoms in total. The Hall–Kier alpha value is -3.33. The highest BCUT2D eigenvalue weighted by molar-refractivity contribution is 6.34. The fraction of sp³-hybridized carbons (Fsp3) is 0.321. The molecule has 0 bridgehead atoms. The van der Waals surface area contributed by atoms with Crippen LogP contribution in [0.3, 0.4) is 0 Å². The second kappa shape index (κ2) is 10.4. The molecule has 2 heterocycles. The first-order chi connectivity index (χ1) is 17.8. The van der Waals surface area contributed by atoms with Crippen LogP contribution in [0.2, 0.25) is 10.0 Å². The molecule has 0 fully saturated rings. The van der Waals surface area contributed by atoms with Crippen LogP contribution in [0.5, 0.6) is 5.88 Å². The van der Waals surface area contributed by atoms with E-state index in [1.54, 1.807) is 24.3 Å². The van der Waals surface area contributed by atoms with E-state index in [1.165, 1.54) is 6.07 Å². The molecule has 0 aliphatic carbocycles. The van der Waals surface area contributed by atoms with E-state index in [1.807, 2.05) is 52.8 Å². The zero-order valence-electron chi connectivity index (χ0n) is 21.8. The van der Waals surface area contributed by atoms with Crippen LogP contribution in [0.4, 0.5) is 4.79 Å². The largest absolute Gasteiger partial charge is 0.471 e. The molecule has 38 heavy (non-hydrogen) atoms. The summed E-state index contributed by atoms with van der Waals surface area (Å²) in [5.74, 6) is 5.19. The lowest BCUT2D eigenvalue weighted by Gasteiger charge is -2.37. The maximum atomic E-state index is 12.7. The summed E-state index contributed by atoms with van der Waals surface area (Å²) in [7, 11) is 0. The smallest absolute Gasteiger partial charge is 0.408 e. The van der Waals surface area contributed by atoms with Gasteiger partial charge in [0.05, 0.1) is 16.8 Å². The molecule has 2 aromatic carbocycles. The third-order valence-corrected chi connectivity index (χ3v) is 6.49. The van der Waals surface area contributed by atoms with E-state index in [2.05, 4.69) is 10.7 Å². The molecule has 3 aromatic rings. The first kappa shape index (κ1) is 27.7. The molecule has 0 radical (unpaired) electrons. The molecular weight excluding hydrogens is 527 g/mol. The lowest BCUT2D eigenvalue weighted by Crippen LogP contribution is -2.43. The Morgan fingerprint density at radius 1 is 1.08 bits per heavy atom. The quantitative estimate of drug-likeness (QED) is 0.193. The molecule has 0 saturated carbocycles. The summed E-state index contributed by atoms with van der Waals surface area (Å²) in [6, 6.07) is 13.7. The number of alkyl carbamates (subject to hydrolysis) is 1. The van der Waals surface area contributed by atoms with Crippen molar-refractivity contribution >= 4 is 35.2 Å². The molecule has 200 valence electrons. The predicted octanol–water partition coefficient (Wildman–Crippen LogP) is 6.45. The highest BCUT2D eigenvalue weighted by Crippen LogP contribution is 2.44. The van der Waals surface area contributed by atoms with E-state index in [9.17, 15) is 9.59 Å². The van der Waals surface area contributed by atoms with Crippen molar-refractivity contribution in [1.29, 1.82) is 0 Å². The van der Waals surface area contributed by atoms with Crippen LogP contribution in [0.15, 0.2) is 48.5 Å². The van der Waals surface area contributed by atoms with E-state index in [0.717, 1.165) is 11.1 Å². The Balaban J connectivity index is 1.88. The van der Waals surface area contributed by atoms with Gasteiger partial charge in [0, 0.05) is 33.7 Å². The lowest BCUT2D eigenvalue weighted by molar-refractivity contribution is 0.0367. The van der Waals surface area contributed by atoms with Crippen molar-refractivity contribution in [2.75, 3.05) is 0 Å². The van der Waals surface area contributed by atoms with E-state index < -0.39 is 29.2 Å². The topological polar surface area (TPSA) is 116 Å². The van der Waals surface area contributed by atoms with E-state index in [-0.39, 0.29) is 0 Å².